The Hall–Kier alpha value is -3.21. The van der Waals surface area contributed by atoms with Gasteiger partial charge in [0.1, 0.15) is 6.42 Å². The SMILES string of the molecule is CC(C)c1cccc(C(C)C)c1NC(=O)CC(=O)Nc1cccc2cccnc12. The zero-order valence-corrected chi connectivity index (χ0v) is 17.3. The number of carbonyl (C=O) groups is 2. The first-order chi connectivity index (χ1) is 13.9. The number of amides is 2. The molecule has 1 heterocycles. The van der Waals surface area contributed by atoms with Crippen molar-refractivity contribution in [3.05, 3.63) is 65.9 Å². The molecular formula is C24H27N3O2. The number of fused-ring (bicyclic) bond motifs is 1. The van der Waals surface area contributed by atoms with Crippen molar-refractivity contribution in [2.24, 2.45) is 0 Å². The molecule has 2 N–H and O–H groups in total. The minimum absolute atomic E-state index is 0.257. The first-order valence-corrected chi connectivity index (χ1v) is 9.93. The summed E-state index contributed by atoms with van der Waals surface area (Å²) in [7, 11) is 0. The van der Waals surface area contributed by atoms with E-state index >= 15 is 0 Å². The summed E-state index contributed by atoms with van der Waals surface area (Å²) in [6.45, 7) is 8.37. The zero-order chi connectivity index (χ0) is 21.0. The fraction of sp³-hybridized carbons (Fsp3) is 0.292. The highest BCUT2D eigenvalue weighted by molar-refractivity contribution is 6.10. The van der Waals surface area contributed by atoms with Gasteiger partial charge in [0.15, 0.2) is 0 Å². The fourth-order valence-electron chi connectivity index (χ4n) is 3.42. The second-order valence-electron chi connectivity index (χ2n) is 7.77. The maximum absolute atomic E-state index is 12.6. The van der Waals surface area contributed by atoms with Crippen LogP contribution in [-0.2, 0) is 9.59 Å². The van der Waals surface area contributed by atoms with E-state index in [-0.39, 0.29) is 30.1 Å². The van der Waals surface area contributed by atoms with Gasteiger partial charge < -0.3 is 10.6 Å². The van der Waals surface area contributed by atoms with Gasteiger partial charge in [-0.3, -0.25) is 14.6 Å². The molecular weight excluding hydrogens is 362 g/mol. The summed E-state index contributed by atoms with van der Waals surface area (Å²) in [4.78, 5) is 29.5. The van der Waals surface area contributed by atoms with Gasteiger partial charge in [0.25, 0.3) is 0 Å². The molecule has 0 saturated carbocycles. The molecule has 0 fully saturated rings. The topological polar surface area (TPSA) is 71.1 Å². The highest BCUT2D eigenvalue weighted by Crippen LogP contribution is 2.32. The van der Waals surface area contributed by atoms with Gasteiger partial charge in [0.2, 0.25) is 11.8 Å². The Morgan fingerprint density at radius 1 is 0.828 bits per heavy atom. The summed E-state index contributed by atoms with van der Waals surface area (Å²) in [6.07, 6.45) is 1.42. The quantitative estimate of drug-likeness (QED) is 0.551. The minimum Gasteiger partial charge on any atom is -0.325 e. The van der Waals surface area contributed by atoms with Gasteiger partial charge >= 0.3 is 0 Å². The first-order valence-electron chi connectivity index (χ1n) is 9.93. The Balaban J connectivity index is 1.75. The van der Waals surface area contributed by atoms with Crippen LogP contribution in [-0.4, -0.2) is 16.8 Å². The summed E-state index contributed by atoms with van der Waals surface area (Å²) >= 11 is 0. The predicted octanol–water partition coefficient (Wildman–Crippen LogP) is 5.45. The maximum Gasteiger partial charge on any atom is 0.233 e. The zero-order valence-electron chi connectivity index (χ0n) is 17.3. The van der Waals surface area contributed by atoms with Gasteiger partial charge in [0.05, 0.1) is 11.2 Å². The monoisotopic (exact) mass is 389 g/mol. The molecule has 3 aromatic rings. The molecule has 0 aliphatic heterocycles. The highest BCUT2D eigenvalue weighted by Gasteiger charge is 2.18. The van der Waals surface area contributed by atoms with Crippen LogP contribution in [0.2, 0.25) is 0 Å². The standard InChI is InChI=1S/C24H27N3O2/c1-15(2)18-10-6-11-19(16(3)4)24(18)27-22(29)14-21(28)26-20-12-5-8-17-9-7-13-25-23(17)20/h5-13,15-16H,14H2,1-4H3,(H,26,28)(H,27,29). The average molecular weight is 389 g/mol. The van der Waals surface area contributed by atoms with E-state index in [0.29, 0.717) is 11.2 Å². The van der Waals surface area contributed by atoms with E-state index < -0.39 is 0 Å². The van der Waals surface area contributed by atoms with E-state index in [9.17, 15) is 9.59 Å². The summed E-state index contributed by atoms with van der Waals surface area (Å²) in [5, 5.41) is 6.73. The number of aromatic nitrogens is 1. The number of carbonyl (C=O) groups excluding carboxylic acids is 2. The van der Waals surface area contributed by atoms with Gasteiger partial charge in [-0.1, -0.05) is 64.1 Å². The molecule has 3 rings (SSSR count). The van der Waals surface area contributed by atoms with Gasteiger partial charge in [-0.25, -0.2) is 0 Å². The molecule has 0 unspecified atom stereocenters. The lowest BCUT2D eigenvalue weighted by atomic mass is 9.92. The van der Waals surface area contributed by atoms with Crippen LogP contribution < -0.4 is 10.6 Å². The summed E-state index contributed by atoms with van der Waals surface area (Å²) in [5.41, 5.74) is 4.27. The van der Waals surface area contributed by atoms with E-state index in [1.165, 1.54) is 0 Å². The Morgan fingerprint density at radius 2 is 1.41 bits per heavy atom. The Kier molecular flexibility index (Phi) is 6.27. The van der Waals surface area contributed by atoms with Crippen molar-refractivity contribution in [1.29, 1.82) is 0 Å². The second kappa shape index (κ2) is 8.86. The Bertz CT molecular complexity index is 1010. The molecule has 0 aliphatic carbocycles. The second-order valence-corrected chi connectivity index (χ2v) is 7.77. The third-order valence-electron chi connectivity index (χ3n) is 4.87. The number of hydrogen-bond acceptors (Lipinski definition) is 3. The molecule has 0 saturated heterocycles. The largest absolute Gasteiger partial charge is 0.325 e. The van der Waals surface area contributed by atoms with Crippen molar-refractivity contribution in [2.75, 3.05) is 10.6 Å². The molecule has 0 radical (unpaired) electrons. The van der Waals surface area contributed by atoms with Gasteiger partial charge in [-0.05, 0) is 35.1 Å². The lowest BCUT2D eigenvalue weighted by molar-refractivity contribution is -0.123. The smallest absolute Gasteiger partial charge is 0.233 e. The molecule has 5 nitrogen and oxygen atoms in total. The van der Waals surface area contributed by atoms with Crippen molar-refractivity contribution in [3.63, 3.8) is 0 Å². The summed E-state index contributed by atoms with van der Waals surface area (Å²) < 4.78 is 0. The van der Waals surface area contributed by atoms with Crippen molar-refractivity contribution >= 4 is 34.1 Å². The molecule has 0 aliphatic rings. The molecule has 0 bridgehead atoms. The summed E-state index contributed by atoms with van der Waals surface area (Å²) in [5.74, 6) is -0.168. The third kappa shape index (κ3) is 4.80. The Morgan fingerprint density at radius 3 is 2.07 bits per heavy atom. The molecule has 0 atom stereocenters. The van der Waals surface area contributed by atoms with Gasteiger partial charge in [-0.2, -0.15) is 0 Å². The number of rotatable bonds is 6. The van der Waals surface area contributed by atoms with Crippen molar-refractivity contribution in [2.45, 2.75) is 46.0 Å². The molecule has 2 aromatic carbocycles. The van der Waals surface area contributed by atoms with Crippen LogP contribution >= 0.6 is 0 Å². The van der Waals surface area contributed by atoms with Gasteiger partial charge in [-0.15, -0.1) is 0 Å². The minimum atomic E-state index is -0.367. The number of pyridine rings is 1. The van der Waals surface area contributed by atoms with E-state index in [4.69, 9.17) is 0 Å². The summed E-state index contributed by atoms with van der Waals surface area (Å²) in [6, 6.07) is 15.4. The fourth-order valence-corrected chi connectivity index (χ4v) is 3.42. The van der Waals surface area contributed by atoms with E-state index in [1.807, 2.05) is 42.5 Å². The normalized spacial score (nSPS) is 11.1. The number of benzene rings is 2. The van der Waals surface area contributed by atoms with Crippen LogP contribution in [0.25, 0.3) is 10.9 Å². The third-order valence-corrected chi connectivity index (χ3v) is 4.87. The molecule has 5 heteroatoms. The molecule has 29 heavy (non-hydrogen) atoms. The number of nitrogens with zero attached hydrogens (tertiary/aromatic N) is 1. The van der Waals surface area contributed by atoms with Crippen LogP contribution in [0.5, 0.6) is 0 Å². The molecule has 2 amide bonds. The number of anilines is 2. The van der Waals surface area contributed by atoms with Crippen LogP contribution in [0.15, 0.2) is 54.7 Å². The lowest BCUT2D eigenvalue weighted by Gasteiger charge is -2.20. The molecule has 1 aromatic heterocycles. The van der Waals surface area contributed by atoms with E-state index in [0.717, 1.165) is 22.2 Å². The van der Waals surface area contributed by atoms with Crippen LogP contribution in [0.3, 0.4) is 0 Å². The van der Waals surface area contributed by atoms with Crippen LogP contribution in [0.4, 0.5) is 11.4 Å². The van der Waals surface area contributed by atoms with E-state index in [1.54, 1.807) is 12.3 Å². The van der Waals surface area contributed by atoms with Crippen molar-refractivity contribution in [1.82, 2.24) is 4.98 Å². The number of nitrogens with one attached hydrogen (secondary N) is 2. The number of para-hydroxylation sites is 2. The van der Waals surface area contributed by atoms with Crippen molar-refractivity contribution in [3.8, 4) is 0 Å². The number of hydrogen-bond donors (Lipinski definition) is 2. The lowest BCUT2D eigenvalue weighted by Crippen LogP contribution is -2.23. The average Bonchev–Trinajstić information content (AvgIpc) is 2.67. The predicted molar refractivity (Wildman–Crippen MR) is 118 cm³/mol. The van der Waals surface area contributed by atoms with Crippen LogP contribution in [0.1, 0.15) is 57.1 Å². The van der Waals surface area contributed by atoms with Crippen molar-refractivity contribution < 1.29 is 9.59 Å². The first kappa shape index (κ1) is 20.5. The van der Waals surface area contributed by atoms with Crippen LogP contribution in [0, 0.1) is 0 Å². The van der Waals surface area contributed by atoms with Gasteiger partial charge in [0, 0.05) is 17.3 Å². The van der Waals surface area contributed by atoms with E-state index in [2.05, 4.69) is 43.3 Å². The molecule has 0 spiro atoms. The Labute approximate surface area is 171 Å². The molecule has 150 valence electrons. The maximum atomic E-state index is 12.6. The highest BCUT2D eigenvalue weighted by atomic mass is 16.2.